The molecule has 4 atom stereocenters. The highest BCUT2D eigenvalue weighted by Crippen LogP contribution is 2.40. The molecule has 0 spiro atoms. The molecule has 0 aromatic carbocycles. The van der Waals surface area contributed by atoms with Crippen molar-refractivity contribution < 1.29 is 0 Å². The third kappa shape index (κ3) is 3.89. The largest absolute Gasteiger partial charge is 0.309 e. The average molecular weight is 297 g/mol. The van der Waals surface area contributed by atoms with Crippen LogP contribution in [0.1, 0.15) is 37.9 Å². The van der Waals surface area contributed by atoms with Gasteiger partial charge in [-0.15, -0.1) is 0 Å². The van der Waals surface area contributed by atoms with E-state index in [1.807, 2.05) is 12.4 Å². The van der Waals surface area contributed by atoms with E-state index in [-0.39, 0.29) is 0 Å². The first-order valence-corrected chi connectivity index (χ1v) is 9.03. The number of hydrogen-bond acceptors (Lipinski definition) is 4. The summed E-state index contributed by atoms with van der Waals surface area (Å²) < 4.78 is 0. The van der Waals surface area contributed by atoms with Crippen LogP contribution in [0.15, 0.2) is 18.5 Å². The van der Waals surface area contributed by atoms with Gasteiger partial charge >= 0.3 is 0 Å². The predicted octanol–water partition coefficient (Wildman–Crippen LogP) is 3.67. The van der Waals surface area contributed by atoms with Crippen LogP contribution in [-0.4, -0.2) is 33.0 Å². The molecule has 1 aliphatic heterocycles. The van der Waals surface area contributed by atoms with Crippen molar-refractivity contribution in [3.05, 3.63) is 29.6 Å². The molecule has 2 heterocycles. The number of aromatic nitrogens is 1. The predicted molar refractivity (Wildman–Crippen MR) is 88.2 cm³/mol. The van der Waals surface area contributed by atoms with Crippen molar-refractivity contribution in [2.24, 2.45) is 0 Å². The van der Waals surface area contributed by atoms with Gasteiger partial charge in [0, 0.05) is 39.9 Å². The maximum atomic E-state index is 4.36. The van der Waals surface area contributed by atoms with E-state index in [1.54, 1.807) is 0 Å². The van der Waals surface area contributed by atoms with Gasteiger partial charge in [-0.25, -0.2) is 0 Å². The number of hydrogen-bond donors (Lipinski definition) is 1. The van der Waals surface area contributed by atoms with E-state index in [2.05, 4.69) is 67.6 Å². The zero-order valence-corrected chi connectivity index (χ0v) is 13.9. The van der Waals surface area contributed by atoms with E-state index in [0.717, 1.165) is 17.0 Å². The smallest absolute Gasteiger partial charge is 0.0464 e. The van der Waals surface area contributed by atoms with Gasteiger partial charge in [0.1, 0.15) is 0 Å². The molecule has 19 heavy (non-hydrogen) atoms. The number of rotatable bonds is 4. The molecule has 2 rings (SSSR count). The fraction of sp³-hybridized carbons (Fsp3) is 0.667. The molecule has 106 valence electrons. The molecule has 1 N–H and O–H groups in total. The Labute approximate surface area is 125 Å². The molecule has 0 saturated carbocycles. The highest BCUT2D eigenvalue weighted by molar-refractivity contribution is 8.07. The van der Waals surface area contributed by atoms with Crippen molar-refractivity contribution in [1.82, 2.24) is 10.3 Å². The highest BCUT2D eigenvalue weighted by Gasteiger charge is 2.31. The van der Waals surface area contributed by atoms with Crippen LogP contribution in [0, 0.1) is 6.92 Å². The summed E-state index contributed by atoms with van der Waals surface area (Å²) in [6.45, 7) is 10.0. The van der Waals surface area contributed by atoms with E-state index in [1.165, 1.54) is 16.9 Å². The molecule has 1 aromatic rings. The molecule has 4 heteroatoms. The van der Waals surface area contributed by atoms with Crippen LogP contribution in [0.3, 0.4) is 0 Å². The number of pyridine rings is 1. The van der Waals surface area contributed by atoms with E-state index >= 15 is 0 Å². The summed E-state index contributed by atoms with van der Waals surface area (Å²) in [4.78, 5) is 4.36. The number of nitrogens with zero attached hydrogens (tertiary/aromatic N) is 1. The minimum Gasteiger partial charge on any atom is -0.309 e. The lowest BCUT2D eigenvalue weighted by Crippen LogP contribution is -2.37. The molecule has 1 aromatic heterocycles. The minimum atomic E-state index is 0.421. The van der Waals surface area contributed by atoms with Crippen molar-refractivity contribution in [3.63, 3.8) is 0 Å². The lowest BCUT2D eigenvalue weighted by atomic mass is 10.0. The van der Waals surface area contributed by atoms with E-state index < -0.39 is 0 Å². The fourth-order valence-corrected chi connectivity index (χ4v) is 5.53. The summed E-state index contributed by atoms with van der Waals surface area (Å²) >= 11 is 4.24. The number of thioether (sulfide) groups is 2. The molecule has 0 aliphatic carbocycles. The second-order valence-electron chi connectivity index (χ2n) is 5.25. The van der Waals surface area contributed by atoms with Gasteiger partial charge in [0.15, 0.2) is 0 Å². The van der Waals surface area contributed by atoms with Crippen molar-refractivity contribution in [3.8, 4) is 0 Å². The topological polar surface area (TPSA) is 24.9 Å². The molecule has 4 unspecified atom stereocenters. The van der Waals surface area contributed by atoms with Crippen LogP contribution in [0.4, 0.5) is 0 Å². The summed E-state index contributed by atoms with van der Waals surface area (Å²) in [5.74, 6) is 1.22. The number of nitrogens with one attached hydrogen (secondary N) is 1. The number of aryl methyl sites for hydroxylation is 1. The normalized spacial score (nSPS) is 29.2. The summed E-state index contributed by atoms with van der Waals surface area (Å²) in [6.07, 6.45) is 3.95. The van der Waals surface area contributed by atoms with Crippen LogP contribution in [-0.2, 0) is 0 Å². The third-order valence-electron chi connectivity index (χ3n) is 3.62. The molecule has 1 fully saturated rings. The van der Waals surface area contributed by atoms with Crippen LogP contribution in [0.5, 0.6) is 0 Å². The monoisotopic (exact) mass is 296 g/mol. The third-order valence-corrected chi connectivity index (χ3v) is 7.12. The quantitative estimate of drug-likeness (QED) is 0.916. The minimum absolute atomic E-state index is 0.421. The lowest BCUT2D eigenvalue weighted by molar-refractivity contribution is 0.546. The summed E-state index contributed by atoms with van der Waals surface area (Å²) in [6, 6.07) is 2.69. The standard InChI is InChI=1S/C15H24N2S2/c1-5-17-15(13-6-10(2)7-16-8-13)14-9-18-11(3)12(4)19-14/h6-8,11-12,14-15,17H,5,9H2,1-4H3. The van der Waals surface area contributed by atoms with Crippen molar-refractivity contribution in [2.75, 3.05) is 12.3 Å². The fourth-order valence-electron chi connectivity index (χ4n) is 2.41. The van der Waals surface area contributed by atoms with Crippen LogP contribution >= 0.6 is 23.5 Å². The summed E-state index contributed by atoms with van der Waals surface area (Å²) in [5, 5.41) is 5.78. The second kappa shape index (κ2) is 7.00. The van der Waals surface area contributed by atoms with Crippen molar-refractivity contribution >= 4 is 23.5 Å². The molecular weight excluding hydrogens is 272 g/mol. The van der Waals surface area contributed by atoms with Gasteiger partial charge in [-0.3, -0.25) is 4.98 Å². The average Bonchev–Trinajstić information content (AvgIpc) is 2.39. The van der Waals surface area contributed by atoms with Gasteiger partial charge in [0.25, 0.3) is 0 Å². The van der Waals surface area contributed by atoms with Gasteiger partial charge in [0.2, 0.25) is 0 Å². The first-order valence-electron chi connectivity index (χ1n) is 7.03. The zero-order chi connectivity index (χ0) is 13.8. The Hall–Kier alpha value is -0.190. The molecule has 1 saturated heterocycles. The molecule has 1 aliphatic rings. The van der Waals surface area contributed by atoms with Crippen molar-refractivity contribution in [1.29, 1.82) is 0 Å². The Kier molecular flexibility index (Phi) is 5.60. The molecule has 0 bridgehead atoms. The summed E-state index contributed by atoms with van der Waals surface area (Å²) in [5.41, 5.74) is 2.58. The Bertz CT molecular complexity index is 411. The van der Waals surface area contributed by atoms with Crippen molar-refractivity contribution in [2.45, 2.75) is 49.5 Å². The SMILES string of the molecule is CCNC(c1cncc(C)c1)C1CSC(C)C(C)S1. The Balaban J connectivity index is 2.16. The maximum absolute atomic E-state index is 4.36. The summed E-state index contributed by atoms with van der Waals surface area (Å²) in [7, 11) is 0. The first kappa shape index (κ1) is 15.2. The van der Waals surface area contributed by atoms with Crippen LogP contribution in [0.2, 0.25) is 0 Å². The molecule has 0 radical (unpaired) electrons. The highest BCUT2D eigenvalue weighted by atomic mass is 32.2. The molecule has 2 nitrogen and oxygen atoms in total. The van der Waals surface area contributed by atoms with E-state index in [9.17, 15) is 0 Å². The second-order valence-corrected chi connectivity index (χ2v) is 8.28. The van der Waals surface area contributed by atoms with Gasteiger partial charge in [-0.1, -0.05) is 26.8 Å². The Morgan fingerprint density at radius 3 is 2.79 bits per heavy atom. The first-order chi connectivity index (χ1) is 9.11. The molecule has 0 amide bonds. The van der Waals surface area contributed by atoms with Gasteiger partial charge in [-0.2, -0.15) is 23.5 Å². The van der Waals surface area contributed by atoms with Gasteiger partial charge in [-0.05, 0) is 24.6 Å². The van der Waals surface area contributed by atoms with Gasteiger partial charge in [0.05, 0.1) is 0 Å². The maximum Gasteiger partial charge on any atom is 0.0464 e. The van der Waals surface area contributed by atoms with Crippen LogP contribution < -0.4 is 5.32 Å². The van der Waals surface area contributed by atoms with E-state index in [4.69, 9.17) is 0 Å². The molecular formula is C15H24N2S2. The van der Waals surface area contributed by atoms with Gasteiger partial charge < -0.3 is 5.32 Å². The Morgan fingerprint density at radius 1 is 1.37 bits per heavy atom. The lowest BCUT2D eigenvalue weighted by Gasteiger charge is -2.36. The van der Waals surface area contributed by atoms with Crippen LogP contribution in [0.25, 0.3) is 0 Å². The zero-order valence-electron chi connectivity index (χ0n) is 12.2. The van der Waals surface area contributed by atoms with E-state index in [0.29, 0.717) is 11.3 Å². The Morgan fingerprint density at radius 2 is 2.16 bits per heavy atom.